The van der Waals surface area contributed by atoms with Gasteiger partial charge in [-0.2, -0.15) is 4.31 Å². The number of pyridine rings is 1. The number of benzene rings is 2. The lowest BCUT2D eigenvalue weighted by molar-refractivity contribution is 0.346. The summed E-state index contributed by atoms with van der Waals surface area (Å²) in [6, 6.07) is 14.3. The van der Waals surface area contributed by atoms with E-state index in [4.69, 9.17) is 9.47 Å². The van der Waals surface area contributed by atoms with E-state index in [1.165, 1.54) is 0 Å². The van der Waals surface area contributed by atoms with Crippen LogP contribution in [0.5, 0.6) is 11.5 Å². The largest absolute Gasteiger partial charge is 0.493 e. The lowest BCUT2D eigenvalue weighted by Crippen LogP contribution is -2.35. The Morgan fingerprint density at radius 3 is 2.40 bits per heavy atom. The molecule has 1 aliphatic rings. The molecule has 2 aromatic carbocycles. The van der Waals surface area contributed by atoms with Gasteiger partial charge in [0.25, 0.3) is 0 Å². The van der Waals surface area contributed by atoms with Crippen molar-refractivity contribution in [1.29, 1.82) is 0 Å². The number of piperidine rings is 1. The minimum Gasteiger partial charge on any atom is -0.493 e. The zero-order chi connectivity index (χ0) is 21.1. The predicted molar refractivity (Wildman–Crippen MR) is 117 cm³/mol. The van der Waals surface area contributed by atoms with Crippen LogP contribution in [0.3, 0.4) is 0 Å². The first-order valence-corrected chi connectivity index (χ1v) is 11.4. The van der Waals surface area contributed by atoms with E-state index in [9.17, 15) is 8.42 Å². The maximum atomic E-state index is 12.9. The number of methoxy groups -OCH3 is 2. The molecule has 0 atom stereocenters. The van der Waals surface area contributed by atoms with Gasteiger partial charge in [-0.3, -0.25) is 0 Å². The summed E-state index contributed by atoms with van der Waals surface area (Å²) in [6.07, 6.45) is 2.92. The Bertz CT molecular complexity index is 1160. The fourth-order valence-electron chi connectivity index (χ4n) is 3.65. The van der Waals surface area contributed by atoms with Crippen LogP contribution in [0, 0.1) is 0 Å². The Labute approximate surface area is 176 Å². The van der Waals surface area contributed by atoms with Gasteiger partial charge in [0.15, 0.2) is 11.5 Å². The van der Waals surface area contributed by atoms with Crippen molar-refractivity contribution in [3.8, 4) is 11.5 Å². The molecule has 158 valence electrons. The molecule has 0 unspecified atom stereocenters. The van der Waals surface area contributed by atoms with Gasteiger partial charge in [-0.05, 0) is 55.3 Å². The van der Waals surface area contributed by atoms with E-state index in [-0.39, 0.29) is 0 Å². The van der Waals surface area contributed by atoms with E-state index >= 15 is 0 Å². The number of sulfonamides is 1. The molecular formula is C22H25N3O4S. The van der Waals surface area contributed by atoms with Crippen LogP contribution in [-0.4, -0.2) is 45.0 Å². The van der Waals surface area contributed by atoms with Crippen molar-refractivity contribution in [3.63, 3.8) is 0 Å². The van der Waals surface area contributed by atoms with E-state index in [0.29, 0.717) is 35.3 Å². The molecule has 0 aliphatic carbocycles. The molecule has 7 nitrogen and oxygen atoms in total. The quantitative estimate of drug-likeness (QED) is 0.636. The van der Waals surface area contributed by atoms with Gasteiger partial charge in [0.1, 0.15) is 5.82 Å². The minimum absolute atomic E-state index is 0.319. The summed E-state index contributed by atoms with van der Waals surface area (Å²) in [4.78, 5) is 4.93. The molecule has 8 heteroatoms. The second-order valence-corrected chi connectivity index (χ2v) is 9.15. The summed E-state index contributed by atoms with van der Waals surface area (Å²) in [7, 11) is -0.281. The third-order valence-electron chi connectivity index (χ3n) is 5.27. The smallest absolute Gasteiger partial charge is 0.243 e. The molecule has 1 fully saturated rings. The molecule has 3 aromatic rings. The molecular weight excluding hydrogens is 402 g/mol. The van der Waals surface area contributed by atoms with E-state index < -0.39 is 10.0 Å². The van der Waals surface area contributed by atoms with Gasteiger partial charge in [0.05, 0.1) is 24.6 Å². The van der Waals surface area contributed by atoms with E-state index in [1.807, 2.05) is 30.3 Å². The lowest BCUT2D eigenvalue weighted by atomic mass is 10.2. The Hall–Kier alpha value is -2.84. The highest BCUT2D eigenvalue weighted by Crippen LogP contribution is 2.31. The number of aromatic nitrogens is 1. The Morgan fingerprint density at radius 2 is 1.67 bits per heavy atom. The number of rotatable bonds is 6. The first kappa shape index (κ1) is 20.4. The average Bonchev–Trinajstić information content (AvgIpc) is 2.79. The fraction of sp³-hybridized carbons (Fsp3) is 0.318. The van der Waals surface area contributed by atoms with Crippen molar-refractivity contribution in [3.05, 3.63) is 48.5 Å². The highest BCUT2D eigenvalue weighted by molar-refractivity contribution is 7.89. The highest BCUT2D eigenvalue weighted by Gasteiger charge is 2.26. The van der Waals surface area contributed by atoms with Gasteiger partial charge in [-0.1, -0.05) is 6.42 Å². The number of hydrogen-bond donors (Lipinski definition) is 1. The van der Waals surface area contributed by atoms with Crippen molar-refractivity contribution >= 4 is 32.4 Å². The molecule has 1 saturated heterocycles. The van der Waals surface area contributed by atoms with Gasteiger partial charge in [0.2, 0.25) is 10.0 Å². The SMILES string of the molecule is COc1ccc(Nc2ccc3cc(S(=O)(=O)N4CCCCC4)ccc3n2)cc1OC. The topological polar surface area (TPSA) is 80.8 Å². The lowest BCUT2D eigenvalue weighted by Gasteiger charge is -2.25. The third-order valence-corrected chi connectivity index (χ3v) is 7.16. The Balaban J connectivity index is 1.59. The molecule has 1 aromatic heterocycles. The van der Waals surface area contributed by atoms with Crippen molar-refractivity contribution in [2.45, 2.75) is 24.2 Å². The molecule has 0 spiro atoms. The minimum atomic E-state index is -3.46. The van der Waals surface area contributed by atoms with E-state index in [0.717, 1.165) is 35.9 Å². The molecule has 4 rings (SSSR count). The number of fused-ring (bicyclic) bond motifs is 1. The molecule has 1 aliphatic heterocycles. The zero-order valence-electron chi connectivity index (χ0n) is 17.1. The molecule has 2 heterocycles. The number of nitrogens with one attached hydrogen (secondary N) is 1. The highest BCUT2D eigenvalue weighted by atomic mass is 32.2. The van der Waals surface area contributed by atoms with Gasteiger partial charge >= 0.3 is 0 Å². The van der Waals surface area contributed by atoms with Crippen LogP contribution in [0.15, 0.2) is 53.4 Å². The van der Waals surface area contributed by atoms with Crippen molar-refractivity contribution < 1.29 is 17.9 Å². The number of hydrogen-bond acceptors (Lipinski definition) is 6. The van der Waals surface area contributed by atoms with Gasteiger partial charge < -0.3 is 14.8 Å². The van der Waals surface area contributed by atoms with E-state index in [2.05, 4.69) is 10.3 Å². The van der Waals surface area contributed by atoms with E-state index in [1.54, 1.807) is 36.7 Å². The second-order valence-electron chi connectivity index (χ2n) is 7.21. The molecule has 1 N–H and O–H groups in total. The number of ether oxygens (including phenoxy) is 2. The summed E-state index contributed by atoms with van der Waals surface area (Å²) < 4.78 is 38.0. The van der Waals surface area contributed by atoms with Crippen LogP contribution in [-0.2, 0) is 10.0 Å². The van der Waals surface area contributed by atoms with Gasteiger partial charge in [-0.15, -0.1) is 0 Å². The zero-order valence-corrected chi connectivity index (χ0v) is 17.9. The summed E-state index contributed by atoms with van der Waals surface area (Å²) in [5, 5.41) is 4.03. The predicted octanol–water partition coefficient (Wildman–Crippen LogP) is 4.17. The summed E-state index contributed by atoms with van der Waals surface area (Å²) in [5.41, 5.74) is 1.53. The first-order chi connectivity index (χ1) is 14.5. The van der Waals surface area contributed by atoms with Crippen molar-refractivity contribution in [2.24, 2.45) is 0 Å². The second kappa shape index (κ2) is 8.49. The van der Waals surface area contributed by atoms with Crippen LogP contribution in [0.25, 0.3) is 10.9 Å². The van der Waals surface area contributed by atoms with Crippen LogP contribution < -0.4 is 14.8 Å². The van der Waals surface area contributed by atoms with Gasteiger partial charge in [-0.25, -0.2) is 13.4 Å². The monoisotopic (exact) mass is 427 g/mol. The maximum Gasteiger partial charge on any atom is 0.243 e. The van der Waals surface area contributed by atoms with Crippen LogP contribution in [0.2, 0.25) is 0 Å². The molecule has 0 saturated carbocycles. The fourth-order valence-corrected chi connectivity index (χ4v) is 5.20. The average molecular weight is 428 g/mol. The summed E-state index contributed by atoms with van der Waals surface area (Å²) in [5.74, 6) is 1.93. The summed E-state index contributed by atoms with van der Waals surface area (Å²) in [6.45, 7) is 1.18. The third kappa shape index (κ3) is 4.06. The first-order valence-electron chi connectivity index (χ1n) is 9.91. The number of anilines is 2. The molecule has 0 amide bonds. The Kier molecular flexibility index (Phi) is 5.78. The maximum absolute atomic E-state index is 12.9. The van der Waals surface area contributed by atoms with Crippen LogP contribution in [0.1, 0.15) is 19.3 Å². The van der Waals surface area contributed by atoms with Crippen molar-refractivity contribution in [1.82, 2.24) is 9.29 Å². The molecule has 0 radical (unpaired) electrons. The molecule has 30 heavy (non-hydrogen) atoms. The summed E-state index contributed by atoms with van der Waals surface area (Å²) >= 11 is 0. The molecule has 0 bridgehead atoms. The number of nitrogens with zero attached hydrogens (tertiary/aromatic N) is 2. The normalized spacial score (nSPS) is 15.1. The van der Waals surface area contributed by atoms with Crippen LogP contribution in [0.4, 0.5) is 11.5 Å². The van der Waals surface area contributed by atoms with Gasteiger partial charge in [0, 0.05) is 30.2 Å². The van der Waals surface area contributed by atoms with Crippen molar-refractivity contribution in [2.75, 3.05) is 32.6 Å². The standard InChI is InChI=1S/C22H25N3O4S/c1-28-20-10-7-17(15-21(20)29-2)23-22-11-6-16-14-18(8-9-19(16)24-22)30(26,27)25-12-4-3-5-13-25/h6-11,14-15H,3-5,12-13H2,1-2H3,(H,23,24). The Morgan fingerprint density at radius 1 is 0.900 bits per heavy atom. The van der Waals surface area contributed by atoms with Crippen LogP contribution >= 0.6 is 0 Å².